The van der Waals surface area contributed by atoms with Crippen molar-refractivity contribution < 1.29 is 18.8 Å². The number of amides is 2. The van der Waals surface area contributed by atoms with Crippen molar-refractivity contribution >= 4 is 52.0 Å². The predicted molar refractivity (Wildman–Crippen MR) is 107 cm³/mol. The van der Waals surface area contributed by atoms with Gasteiger partial charge < -0.3 is 14.6 Å². The highest BCUT2D eigenvalue weighted by molar-refractivity contribution is 8.26. The molecule has 2 heterocycles. The molecule has 1 aliphatic heterocycles. The molecule has 2 aromatic rings. The van der Waals surface area contributed by atoms with E-state index >= 15 is 0 Å². The molecular formula is C18H17N3O4S2. The fourth-order valence-electron chi connectivity index (χ4n) is 2.37. The van der Waals surface area contributed by atoms with Gasteiger partial charge in [-0.25, -0.2) is 0 Å². The van der Waals surface area contributed by atoms with Gasteiger partial charge in [0.2, 0.25) is 5.91 Å². The van der Waals surface area contributed by atoms with E-state index < -0.39 is 5.91 Å². The van der Waals surface area contributed by atoms with Crippen molar-refractivity contribution in [3.63, 3.8) is 0 Å². The van der Waals surface area contributed by atoms with Gasteiger partial charge in [0.1, 0.15) is 22.4 Å². The summed E-state index contributed by atoms with van der Waals surface area (Å²) >= 11 is 6.41. The largest absolute Gasteiger partial charge is 0.494 e. The number of aryl methyl sites for hydroxylation is 1. The number of aromatic nitrogens is 1. The standard InChI is InChI=1S/C18H17N3O4S2/c1-3-24-13-6-4-12(5-7-13)9-14-17(23)21(18(26)27-14)10-16(22)19-15-8-11(2)25-20-15/h4-9H,3,10H2,1-2H3,(H,19,20,22)/b14-9+. The first kappa shape index (κ1) is 19.1. The SMILES string of the molecule is CCOc1ccc(/C=C2/SC(=S)N(CC(=O)Nc3cc(C)on3)C2=O)cc1. The van der Waals surface area contributed by atoms with Crippen molar-refractivity contribution in [1.82, 2.24) is 10.1 Å². The van der Waals surface area contributed by atoms with E-state index in [1.807, 2.05) is 31.2 Å². The quantitative estimate of drug-likeness (QED) is 0.585. The van der Waals surface area contributed by atoms with Crippen LogP contribution in [0.5, 0.6) is 5.75 Å². The number of thiocarbonyl (C=S) groups is 1. The van der Waals surface area contributed by atoms with Gasteiger partial charge in [-0.1, -0.05) is 41.3 Å². The second kappa shape index (κ2) is 8.36. The molecule has 0 unspecified atom stereocenters. The molecule has 0 atom stereocenters. The molecule has 1 aliphatic rings. The van der Waals surface area contributed by atoms with Gasteiger partial charge in [0.25, 0.3) is 5.91 Å². The van der Waals surface area contributed by atoms with Crippen LogP contribution in [-0.4, -0.2) is 39.3 Å². The van der Waals surface area contributed by atoms with Crippen molar-refractivity contribution in [2.45, 2.75) is 13.8 Å². The summed E-state index contributed by atoms with van der Waals surface area (Å²) in [5.74, 6) is 0.941. The number of hydrogen-bond donors (Lipinski definition) is 1. The number of hydrogen-bond acceptors (Lipinski definition) is 7. The number of carbonyl (C=O) groups excluding carboxylic acids is 2. The first-order valence-electron chi connectivity index (χ1n) is 8.17. The van der Waals surface area contributed by atoms with Gasteiger partial charge >= 0.3 is 0 Å². The Balaban J connectivity index is 1.66. The maximum absolute atomic E-state index is 12.6. The van der Waals surface area contributed by atoms with Crippen LogP contribution in [0.2, 0.25) is 0 Å². The molecule has 1 saturated heterocycles. The molecule has 1 fully saturated rings. The number of ether oxygens (including phenoxy) is 1. The normalized spacial score (nSPS) is 15.5. The van der Waals surface area contributed by atoms with Crippen LogP contribution in [0.4, 0.5) is 5.82 Å². The van der Waals surface area contributed by atoms with Crippen molar-refractivity contribution in [2.75, 3.05) is 18.5 Å². The van der Waals surface area contributed by atoms with E-state index in [1.165, 1.54) is 16.7 Å². The Hall–Kier alpha value is -2.65. The summed E-state index contributed by atoms with van der Waals surface area (Å²) in [5.41, 5.74) is 0.849. The van der Waals surface area contributed by atoms with E-state index in [0.29, 0.717) is 27.4 Å². The van der Waals surface area contributed by atoms with Gasteiger partial charge in [-0.3, -0.25) is 14.5 Å². The smallest absolute Gasteiger partial charge is 0.266 e. The van der Waals surface area contributed by atoms with E-state index in [1.54, 1.807) is 19.1 Å². The maximum atomic E-state index is 12.6. The molecule has 0 aliphatic carbocycles. The van der Waals surface area contributed by atoms with E-state index in [2.05, 4.69) is 10.5 Å². The van der Waals surface area contributed by atoms with Crippen molar-refractivity contribution in [3.05, 3.63) is 46.6 Å². The van der Waals surface area contributed by atoms with Crippen LogP contribution in [0.15, 0.2) is 39.8 Å². The molecule has 3 rings (SSSR count). The lowest BCUT2D eigenvalue weighted by Crippen LogP contribution is -2.36. The third kappa shape index (κ3) is 4.75. The van der Waals surface area contributed by atoms with Gasteiger partial charge in [-0.05, 0) is 37.6 Å². The number of thioether (sulfide) groups is 1. The van der Waals surface area contributed by atoms with Gasteiger partial charge in [0.15, 0.2) is 5.82 Å². The molecule has 1 N–H and O–H groups in total. The number of benzene rings is 1. The van der Waals surface area contributed by atoms with Crippen molar-refractivity contribution in [2.24, 2.45) is 0 Å². The van der Waals surface area contributed by atoms with Gasteiger partial charge in [0.05, 0.1) is 11.5 Å². The van der Waals surface area contributed by atoms with Crippen LogP contribution < -0.4 is 10.1 Å². The number of rotatable bonds is 6. The summed E-state index contributed by atoms with van der Waals surface area (Å²) in [6, 6.07) is 8.98. The zero-order valence-corrected chi connectivity index (χ0v) is 16.4. The summed E-state index contributed by atoms with van der Waals surface area (Å²) in [6.07, 6.45) is 1.74. The van der Waals surface area contributed by atoms with Gasteiger partial charge in [-0.2, -0.15) is 0 Å². The third-order valence-corrected chi connectivity index (χ3v) is 4.94. The Bertz CT molecular complexity index is 906. The molecule has 0 saturated carbocycles. The number of nitrogens with one attached hydrogen (secondary N) is 1. The average Bonchev–Trinajstić information content (AvgIpc) is 3.15. The fraction of sp³-hybridized carbons (Fsp3) is 0.222. The molecule has 1 aromatic heterocycles. The highest BCUT2D eigenvalue weighted by Crippen LogP contribution is 2.32. The van der Waals surface area contributed by atoms with Gasteiger partial charge in [0, 0.05) is 6.07 Å². The van der Waals surface area contributed by atoms with Crippen molar-refractivity contribution in [3.8, 4) is 5.75 Å². The Morgan fingerprint density at radius 2 is 2.15 bits per heavy atom. The molecule has 0 bridgehead atoms. The highest BCUT2D eigenvalue weighted by atomic mass is 32.2. The van der Waals surface area contributed by atoms with Crippen molar-refractivity contribution in [1.29, 1.82) is 0 Å². The number of nitrogens with zero attached hydrogens (tertiary/aromatic N) is 2. The minimum Gasteiger partial charge on any atom is -0.494 e. The van der Waals surface area contributed by atoms with Crippen LogP contribution in [0.25, 0.3) is 6.08 Å². The molecule has 0 radical (unpaired) electrons. The lowest BCUT2D eigenvalue weighted by Gasteiger charge is -2.13. The average molecular weight is 403 g/mol. The lowest BCUT2D eigenvalue weighted by molar-refractivity contribution is -0.126. The Morgan fingerprint density at radius 1 is 1.41 bits per heavy atom. The first-order valence-corrected chi connectivity index (χ1v) is 9.40. The van der Waals surface area contributed by atoms with Gasteiger partial charge in [-0.15, -0.1) is 0 Å². The molecular weight excluding hydrogens is 386 g/mol. The minimum absolute atomic E-state index is 0.183. The molecule has 27 heavy (non-hydrogen) atoms. The topological polar surface area (TPSA) is 84.7 Å². The summed E-state index contributed by atoms with van der Waals surface area (Å²) in [6.45, 7) is 4.04. The van der Waals surface area contributed by atoms with Crippen LogP contribution in [-0.2, 0) is 9.59 Å². The second-order valence-electron chi connectivity index (χ2n) is 5.64. The Labute approximate surface area is 165 Å². The fourth-order valence-corrected chi connectivity index (χ4v) is 3.62. The van der Waals surface area contributed by atoms with Crippen LogP contribution in [0, 0.1) is 6.92 Å². The lowest BCUT2D eigenvalue weighted by atomic mass is 10.2. The summed E-state index contributed by atoms with van der Waals surface area (Å²) in [4.78, 5) is 26.5. The van der Waals surface area contributed by atoms with Crippen LogP contribution in [0.1, 0.15) is 18.2 Å². The maximum Gasteiger partial charge on any atom is 0.266 e. The van der Waals surface area contributed by atoms with E-state index in [4.69, 9.17) is 21.5 Å². The summed E-state index contributed by atoms with van der Waals surface area (Å²) in [5, 5.41) is 6.26. The molecule has 9 heteroatoms. The van der Waals surface area contributed by atoms with E-state index in [9.17, 15) is 9.59 Å². The molecule has 0 spiro atoms. The Morgan fingerprint density at radius 3 is 2.78 bits per heavy atom. The number of carbonyl (C=O) groups is 2. The zero-order chi connectivity index (χ0) is 19.4. The van der Waals surface area contributed by atoms with E-state index in [0.717, 1.165) is 11.3 Å². The van der Waals surface area contributed by atoms with Crippen LogP contribution >= 0.6 is 24.0 Å². The highest BCUT2D eigenvalue weighted by Gasteiger charge is 2.33. The zero-order valence-electron chi connectivity index (χ0n) is 14.7. The van der Waals surface area contributed by atoms with Crippen LogP contribution in [0.3, 0.4) is 0 Å². The monoisotopic (exact) mass is 403 g/mol. The number of anilines is 1. The predicted octanol–water partition coefficient (Wildman–Crippen LogP) is 3.22. The first-order chi connectivity index (χ1) is 13.0. The molecule has 140 valence electrons. The molecule has 1 aromatic carbocycles. The minimum atomic E-state index is -0.401. The molecule has 2 amide bonds. The summed E-state index contributed by atoms with van der Waals surface area (Å²) < 4.78 is 10.6. The third-order valence-electron chi connectivity index (χ3n) is 3.56. The summed E-state index contributed by atoms with van der Waals surface area (Å²) in [7, 11) is 0. The Kier molecular flexibility index (Phi) is 5.92. The molecule has 7 nitrogen and oxygen atoms in total. The second-order valence-corrected chi connectivity index (χ2v) is 7.32. The van der Waals surface area contributed by atoms with E-state index in [-0.39, 0.29) is 12.5 Å².